The molecule has 9 N–H and O–H groups in total. The van der Waals surface area contributed by atoms with Crippen molar-refractivity contribution in [2.24, 2.45) is 28.3 Å². The summed E-state index contributed by atoms with van der Waals surface area (Å²) in [7, 11) is -4.10. The highest BCUT2D eigenvalue weighted by Crippen LogP contribution is 2.31. The maximum atomic E-state index is 13.5. The Labute approximate surface area is 211 Å². The Morgan fingerprint density at radius 2 is 2.00 bits per heavy atom. The number of carboxylic acids is 1. The molecule has 3 rings (SSSR count). The number of likely N-dealkylation sites (tertiary alicyclic amines) is 1. The number of hydrogen-bond acceptors (Lipinski definition) is 6. The zero-order valence-corrected chi connectivity index (χ0v) is 21.6. The minimum atomic E-state index is -4.10. The van der Waals surface area contributed by atoms with E-state index in [2.05, 4.69) is 22.0 Å². The highest BCUT2D eigenvalue weighted by atomic mass is 32.2. The van der Waals surface area contributed by atoms with E-state index >= 15 is 0 Å². The molecule has 1 amide bonds. The van der Waals surface area contributed by atoms with E-state index in [4.69, 9.17) is 11.5 Å². The van der Waals surface area contributed by atoms with Crippen molar-refractivity contribution in [3.63, 3.8) is 0 Å². The van der Waals surface area contributed by atoms with Crippen LogP contribution in [0, 0.1) is 11.8 Å². The third-order valence-electron chi connectivity index (χ3n) is 6.57. The zero-order chi connectivity index (χ0) is 25.8. The summed E-state index contributed by atoms with van der Waals surface area (Å²) in [6, 6.07) is 2.94. The highest BCUT2D eigenvalue weighted by molar-refractivity contribution is 7.89. The molecule has 3 unspecified atom stereocenters. The Morgan fingerprint density at radius 1 is 1.28 bits per heavy atom. The van der Waals surface area contributed by atoms with Gasteiger partial charge in [0.25, 0.3) is 0 Å². The Bertz CT molecular complexity index is 1070. The van der Waals surface area contributed by atoms with E-state index in [-0.39, 0.29) is 41.8 Å². The van der Waals surface area contributed by atoms with Crippen LogP contribution < -0.4 is 21.5 Å². The number of carbonyl (C=O) groups is 2. The van der Waals surface area contributed by atoms with Gasteiger partial charge in [0.15, 0.2) is 5.96 Å². The maximum absolute atomic E-state index is 13.5. The molecule has 0 spiro atoms. The lowest BCUT2D eigenvalue weighted by Crippen LogP contribution is -2.56. The van der Waals surface area contributed by atoms with Gasteiger partial charge in [-0.1, -0.05) is 26.0 Å². The average molecular weight is 527 g/mol. The molecule has 0 saturated carbocycles. The lowest BCUT2D eigenvalue weighted by molar-refractivity contribution is -0.153. The van der Waals surface area contributed by atoms with Crippen LogP contribution in [0.25, 0.3) is 0 Å². The van der Waals surface area contributed by atoms with Gasteiger partial charge >= 0.3 is 5.97 Å². The second-order valence-corrected chi connectivity index (χ2v) is 11.3. The first-order valence-corrected chi connectivity index (χ1v) is 13.4. The third-order valence-corrected chi connectivity index (χ3v) is 8.09. The van der Waals surface area contributed by atoms with Crippen LogP contribution in [0.5, 0.6) is 0 Å². The number of fused-ring (bicyclic) bond motifs is 1. The van der Waals surface area contributed by atoms with Gasteiger partial charge in [0.2, 0.25) is 15.9 Å². The van der Waals surface area contributed by atoms with Crippen LogP contribution >= 0.6 is 0 Å². The van der Waals surface area contributed by atoms with Gasteiger partial charge in [0.1, 0.15) is 17.0 Å². The quantitative estimate of drug-likeness (QED) is 0.166. The summed E-state index contributed by atoms with van der Waals surface area (Å²) in [4.78, 5) is 30.7. The number of aliphatic carboxylic acids is 1. The van der Waals surface area contributed by atoms with Crippen LogP contribution in [-0.2, 0) is 26.0 Å². The van der Waals surface area contributed by atoms with E-state index in [0.29, 0.717) is 37.4 Å². The smallest absolute Gasteiger partial charge is 0.326 e. The molecule has 0 aliphatic carbocycles. The minimum Gasteiger partial charge on any atom is -0.480 e. The van der Waals surface area contributed by atoms with E-state index in [1.807, 2.05) is 13.0 Å². The van der Waals surface area contributed by atoms with Crippen LogP contribution in [0.1, 0.15) is 45.1 Å². The second-order valence-electron chi connectivity index (χ2n) is 9.62. The highest BCUT2D eigenvalue weighted by Gasteiger charge is 2.39. The molecule has 13 heteroatoms. The summed E-state index contributed by atoms with van der Waals surface area (Å²) in [6.07, 6.45) is 2.17. The van der Waals surface area contributed by atoms with Crippen molar-refractivity contribution in [1.29, 1.82) is 0 Å². The largest absolute Gasteiger partial charge is 0.480 e. The number of aliphatic imine (C=N–C) groups is 1. The lowest BCUT2D eigenvalue weighted by Gasteiger charge is -2.38. The summed E-state index contributed by atoms with van der Waals surface area (Å²) in [5.74, 6) is -1.22. The molecule has 1 aromatic carbocycles. The van der Waals surface area contributed by atoms with E-state index in [1.54, 1.807) is 6.07 Å². The van der Waals surface area contributed by atoms with Gasteiger partial charge in [-0.3, -0.25) is 9.79 Å². The zero-order valence-electron chi connectivity index (χ0n) is 20.7. The predicted molar refractivity (Wildman–Crippen MR) is 137 cm³/mol. The van der Waals surface area contributed by atoms with Crippen molar-refractivity contribution in [2.75, 3.05) is 25.0 Å². The van der Waals surface area contributed by atoms with Crippen molar-refractivity contribution in [3.8, 4) is 0 Å². The number of para-hydroxylation sites is 1. The van der Waals surface area contributed by atoms with Crippen molar-refractivity contribution in [2.45, 2.75) is 62.9 Å². The number of carboxylic acid groups (broad SMARTS) is 1. The number of nitrogens with two attached hydrogens (primary N) is 2. The number of sulfonamides is 1. The molecule has 0 bridgehead atoms. The second kappa shape index (κ2) is 12.4. The fourth-order valence-electron chi connectivity index (χ4n) is 4.72. The van der Waals surface area contributed by atoms with Crippen LogP contribution in [0.4, 0.5) is 5.69 Å². The monoisotopic (exact) mass is 526 g/mol. The summed E-state index contributed by atoms with van der Waals surface area (Å²) < 4.78 is 29.5. The first-order chi connectivity index (χ1) is 16.5. The Hall–Kier alpha value is -2.90. The van der Waals surface area contributed by atoms with E-state index in [0.717, 1.165) is 12.0 Å². The molecule has 202 valence electrons. The summed E-state index contributed by atoms with van der Waals surface area (Å²) in [6.45, 7) is 5.14. The normalized spacial score (nSPS) is 22.4. The van der Waals surface area contributed by atoms with Gasteiger partial charge in [0, 0.05) is 19.6 Å². The fourth-order valence-corrected chi connectivity index (χ4v) is 6.17. The van der Waals surface area contributed by atoms with Crippen LogP contribution in [0.15, 0.2) is 28.1 Å². The molecule has 36 heavy (non-hydrogen) atoms. The molecule has 12 nitrogen and oxygen atoms in total. The third kappa shape index (κ3) is 7.08. The minimum absolute atomic E-state index is 0. The average Bonchev–Trinajstić information content (AvgIpc) is 2.79. The number of anilines is 1. The number of amides is 1. The number of rotatable bonds is 9. The number of nitrogens with one attached hydrogen (secondary N) is 2. The summed E-state index contributed by atoms with van der Waals surface area (Å²) in [5.41, 5.74) is 12.2. The molecule has 2 heterocycles. The van der Waals surface area contributed by atoms with E-state index in [1.165, 1.54) is 11.0 Å². The molecule has 1 fully saturated rings. The van der Waals surface area contributed by atoms with Gasteiger partial charge in [-0.25, -0.2) is 13.2 Å². The van der Waals surface area contributed by atoms with Crippen LogP contribution in [-0.4, -0.2) is 73.5 Å². The molecule has 1 aromatic rings. The first kappa shape index (κ1) is 29.3. The summed E-state index contributed by atoms with van der Waals surface area (Å²) >= 11 is 0. The van der Waals surface area contributed by atoms with Crippen molar-refractivity contribution in [1.82, 2.24) is 9.62 Å². The molecular formula is C23H38N6O6S. The number of carbonyl (C=O) groups excluding carboxylic acids is 1. The molecule has 2 aliphatic heterocycles. The van der Waals surface area contributed by atoms with Gasteiger partial charge in [-0.05, 0) is 55.6 Å². The Balaban J connectivity index is 0.00000456. The van der Waals surface area contributed by atoms with Crippen LogP contribution in [0.3, 0.4) is 0 Å². The number of piperidine rings is 1. The predicted octanol–water partition coefficient (Wildman–Crippen LogP) is -0.122. The van der Waals surface area contributed by atoms with Gasteiger partial charge in [0.05, 0.1) is 5.69 Å². The number of nitrogens with zero attached hydrogens (tertiary/aromatic N) is 2. The van der Waals surface area contributed by atoms with Gasteiger partial charge in [-0.15, -0.1) is 0 Å². The molecule has 0 aromatic heterocycles. The molecular weight excluding hydrogens is 488 g/mol. The number of guanidine groups is 1. The van der Waals surface area contributed by atoms with Crippen molar-refractivity contribution < 1.29 is 28.6 Å². The molecule has 0 radical (unpaired) electrons. The molecule has 4 atom stereocenters. The van der Waals surface area contributed by atoms with Crippen molar-refractivity contribution in [3.05, 3.63) is 23.8 Å². The lowest BCUT2D eigenvalue weighted by atomic mass is 9.91. The first-order valence-electron chi connectivity index (χ1n) is 12.0. The number of hydrogen-bond donors (Lipinski definition) is 5. The SMILES string of the molecule is CC1CNc2c(cccc2S(=O)(=O)N[C@@H](CCCN=C(N)N)C(=O)N2CCC(C)CC2C(=O)O)C1.O. The topological polar surface area (TPSA) is 212 Å². The van der Waals surface area contributed by atoms with E-state index in [9.17, 15) is 23.1 Å². The summed E-state index contributed by atoms with van der Waals surface area (Å²) in [5, 5.41) is 12.9. The standard InChI is InChI=1S/C23H36N6O5S.H2O/c1-14-8-10-29(18(12-14)22(31)32)21(30)17(6-4-9-26-23(24)25)28-35(33,34)19-7-3-5-16-11-15(2)13-27-20(16)19;/h3,5,7,14-15,17-18,27-28H,4,6,8-13H2,1-2H3,(H,31,32)(H4,24,25,26);1H2/t14?,15?,17-,18?;/m0./s1. The Kier molecular flexibility index (Phi) is 10.1. The number of benzene rings is 1. The Morgan fingerprint density at radius 3 is 2.67 bits per heavy atom. The maximum Gasteiger partial charge on any atom is 0.326 e. The van der Waals surface area contributed by atoms with Gasteiger partial charge in [-0.2, -0.15) is 4.72 Å². The van der Waals surface area contributed by atoms with E-state index < -0.39 is 34.0 Å². The molecule has 2 aliphatic rings. The van der Waals surface area contributed by atoms with Crippen LogP contribution in [0.2, 0.25) is 0 Å². The fraction of sp³-hybridized carbons (Fsp3) is 0.609. The van der Waals surface area contributed by atoms with Crippen molar-refractivity contribution >= 4 is 33.5 Å². The molecule has 1 saturated heterocycles. The van der Waals surface area contributed by atoms with Gasteiger partial charge < -0.3 is 32.3 Å².